The minimum absolute atomic E-state index is 0.0244. The zero-order valence-corrected chi connectivity index (χ0v) is 12.3. The Bertz CT molecular complexity index is 527. The van der Waals surface area contributed by atoms with Crippen LogP contribution < -0.4 is 10.6 Å². The van der Waals surface area contributed by atoms with E-state index in [1.807, 2.05) is 29.2 Å². The molecule has 0 aliphatic carbocycles. The fraction of sp³-hybridized carbons (Fsp3) is 0.500. The van der Waals surface area contributed by atoms with E-state index in [0.29, 0.717) is 6.42 Å². The van der Waals surface area contributed by atoms with E-state index >= 15 is 0 Å². The summed E-state index contributed by atoms with van der Waals surface area (Å²) in [6.45, 7) is 3.39. The number of carbonyl (C=O) groups is 2. The number of amides is 2. The fourth-order valence-electron chi connectivity index (χ4n) is 3.04. The Kier molecular flexibility index (Phi) is 3.82. The predicted molar refractivity (Wildman–Crippen MR) is 81.0 cm³/mol. The zero-order chi connectivity index (χ0) is 14.8. The summed E-state index contributed by atoms with van der Waals surface area (Å²) in [4.78, 5) is 26.3. The van der Waals surface area contributed by atoms with Crippen LogP contribution in [0.4, 0.5) is 5.69 Å². The highest BCUT2D eigenvalue weighted by Crippen LogP contribution is 2.25. The van der Waals surface area contributed by atoms with Gasteiger partial charge in [-0.05, 0) is 31.4 Å². The summed E-state index contributed by atoms with van der Waals surface area (Å²) in [7, 11) is 0. The van der Waals surface area contributed by atoms with Gasteiger partial charge in [0.25, 0.3) is 0 Å². The molecule has 2 aliphatic rings. The molecule has 1 fully saturated rings. The molecule has 112 valence electrons. The third-order valence-electron chi connectivity index (χ3n) is 4.23. The molecule has 0 aromatic heterocycles. The largest absolute Gasteiger partial charge is 0.373 e. The Morgan fingerprint density at radius 2 is 2.00 bits per heavy atom. The van der Waals surface area contributed by atoms with Crippen molar-refractivity contribution in [2.75, 3.05) is 18.4 Å². The molecule has 0 spiro atoms. The van der Waals surface area contributed by atoms with Crippen LogP contribution in [0.2, 0.25) is 0 Å². The van der Waals surface area contributed by atoms with Crippen LogP contribution in [0.3, 0.4) is 0 Å². The number of likely N-dealkylation sites (tertiary alicyclic amines) is 1. The first-order valence-electron chi connectivity index (χ1n) is 7.59. The average molecular weight is 287 g/mol. The van der Waals surface area contributed by atoms with Gasteiger partial charge in [-0.2, -0.15) is 0 Å². The van der Waals surface area contributed by atoms with Crippen molar-refractivity contribution < 1.29 is 9.59 Å². The second-order valence-electron chi connectivity index (χ2n) is 5.82. The van der Waals surface area contributed by atoms with Crippen molar-refractivity contribution in [2.45, 2.75) is 38.3 Å². The zero-order valence-electron chi connectivity index (χ0n) is 12.3. The number of nitrogens with one attached hydrogen (secondary N) is 2. The Hall–Kier alpha value is -2.04. The molecular formula is C16H21N3O2. The molecule has 2 N–H and O–H groups in total. The smallest absolute Gasteiger partial charge is 0.244 e. The van der Waals surface area contributed by atoms with E-state index in [4.69, 9.17) is 0 Å². The van der Waals surface area contributed by atoms with Crippen molar-refractivity contribution in [1.29, 1.82) is 0 Å². The van der Waals surface area contributed by atoms with E-state index in [1.165, 1.54) is 0 Å². The lowest BCUT2D eigenvalue weighted by molar-refractivity contribution is -0.135. The van der Waals surface area contributed by atoms with Crippen molar-refractivity contribution in [3.05, 3.63) is 29.8 Å². The van der Waals surface area contributed by atoms with Crippen LogP contribution in [0.15, 0.2) is 24.3 Å². The Morgan fingerprint density at radius 1 is 1.29 bits per heavy atom. The number of benzene rings is 1. The minimum atomic E-state index is -0.457. The highest BCUT2D eigenvalue weighted by Gasteiger charge is 2.30. The first-order valence-corrected chi connectivity index (χ1v) is 7.59. The van der Waals surface area contributed by atoms with Crippen molar-refractivity contribution in [1.82, 2.24) is 10.2 Å². The van der Waals surface area contributed by atoms with Gasteiger partial charge in [0.05, 0.1) is 0 Å². The number of fused-ring (bicyclic) bond motifs is 1. The summed E-state index contributed by atoms with van der Waals surface area (Å²) >= 11 is 0. The summed E-state index contributed by atoms with van der Waals surface area (Å²) in [5.41, 5.74) is 2.16. The number of carbonyl (C=O) groups excluding carboxylic acids is 2. The van der Waals surface area contributed by atoms with Crippen LogP contribution in [0, 0.1) is 0 Å². The molecule has 0 radical (unpaired) electrons. The highest BCUT2D eigenvalue weighted by molar-refractivity contribution is 5.92. The van der Waals surface area contributed by atoms with Crippen LogP contribution >= 0.6 is 0 Å². The van der Waals surface area contributed by atoms with Gasteiger partial charge >= 0.3 is 0 Å². The molecule has 2 atom stereocenters. The molecule has 2 aliphatic heterocycles. The van der Waals surface area contributed by atoms with Crippen molar-refractivity contribution in [2.24, 2.45) is 0 Å². The number of anilines is 1. The first-order chi connectivity index (χ1) is 10.1. The molecule has 0 saturated carbocycles. The van der Waals surface area contributed by atoms with Gasteiger partial charge in [0.15, 0.2) is 0 Å². The van der Waals surface area contributed by atoms with E-state index in [9.17, 15) is 9.59 Å². The van der Waals surface area contributed by atoms with Gasteiger partial charge in [-0.3, -0.25) is 9.59 Å². The SMILES string of the molecule is CC(NC(=O)C1Cc2ccccc2N1)C(=O)N1CCCC1. The number of para-hydroxylation sites is 1. The minimum Gasteiger partial charge on any atom is -0.373 e. The maximum Gasteiger partial charge on any atom is 0.244 e. The standard InChI is InChI=1S/C16H21N3O2/c1-11(16(21)19-8-4-5-9-19)17-15(20)14-10-12-6-2-3-7-13(12)18-14/h2-3,6-7,11,14,18H,4-5,8-10H2,1H3,(H,17,20). The number of nitrogens with zero attached hydrogens (tertiary/aromatic N) is 1. The normalized spacial score (nSPS) is 21.6. The molecule has 1 aromatic carbocycles. The van der Waals surface area contributed by atoms with E-state index in [-0.39, 0.29) is 17.9 Å². The van der Waals surface area contributed by atoms with Crippen LogP contribution in [0.1, 0.15) is 25.3 Å². The second-order valence-corrected chi connectivity index (χ2v) is 5.82. The lowest BCUT2D eigenvalue weighted by Crippen LogP contribution is -2.50. The third kappa shape index (κ3) is 2.86. The van der Waals surface area contributed by atoms with Gasteiger partial charge in [0.2, 0.25) is 11.8 Å². The van der Waals surface area contributed by atoms with Crippen LogP contribution in [-0.4, -0.2) is 41.9 Å². The van der Waals surface area contributed by atoms with Crippen molar-refractivity contribution in [3.63, 3.8) is 0 Å². The van der Waals surface area contributed by atoms with Crippen LogP contribution in [0.25, 0.3) is 0 Å². The summed E-state index contributed by atoms with van der Waals surface area (Å²) < 4.78 is 0. The average Bonchev–Trinajstić information content (AvgIpc) is 3.15. The molecule has 0 bridgehead atoms. The van der Waals surface area contributed by atoms with Crippen LogP contribution in [0.5, 0.6) is 0 Å². The van der Waals surface area contributed by atoms with Crippen LogP contribution in [-0.2, 0) is 16.0 Å². The summed E-state index contributed by atoms with van der Waals surface area (Å²) in [5.74, 6) is -0.0809. The molecule has 5 nitrogen and oxygen atoms in total. The van der Waals surface area contributed by atoms with Crippen molar-refractivity contribution in [3.8, 4) is 0 Å². The Morgan fingerprint density at radius 3 is 2.71 bits per heavy atom. The lowest BCUT2D eigenvalue weighted by atomic mass is 10.1. The van der Waals surface area contributed by atoms with Gasteiger partial charge < -0.3 is 15.5 Å². The highest BCUT2D eigenvalue weighted by atomic mass is 16.2. The molecule has 2 unspecified atom stereocenters. The van der Waals surface area contributed by atoms with Gasteiger partial charge in [-0.1, -0.05) is 18.2 Å². The van der Waals surface area contributed by atoms with E-state index < -0.39 is 6.04 Å². The molecule has 5 heteroatoms. The predicted octanol–water partition coefficient (Wildman–Crippen LogP) is 1.15. The maximum absolute atomic E-state index is 12.3. The maximum atomic E-state index is 12.3. The van der Waals surface area contributed by atoms with Gasteiger partial charge in [-0.25, -0.2) is 0 Å². The Labute approximate surface area is 124 Å². The molecule has 21 heavy (non-hydrogen) atoms. The number of hydrogen-bond acceptors (Lipinski definition) is 3. The van der Waals surface area contributed by atoms with E-state index in [2.05, 4.69) is 10.6 Å². The summed E-state index contributed by atoms with van der Waals surface area (Å²) in [6.07, 6.45) is 2.80. The first kappa shape index (κ1) is 13.9. The van der Waals surface area contributed by atoms with E-state index in [0.717, 1.165) is 37.2 Å². The molecule has 2 heterocycles. The van der Waals surface area contributed by atoms with Crippen molar-refractivity contribution >= 4 is 17.5 Å². The molecule has 1 aromatic rings. The Balaban J connectivity index is 1.56. The molecular weight excluding hydrogens is 266 g/mol. The quantitative estimate of drug-likeness (QED) is 0.876. The van der Waals surface area contributed by atoms with Gasteiger partial charge in [0.1, 0.15) is 12.1 Å². The fourth-order valence-corrected chi connectivity index (χ4v) is 3.04. The van der Waals surface area contributed by atoms with Gasteiger partial charge in [0, 0.05) is 25.2 Å². The van der Waals surface area contributed by atoms with Gasteiger partial charge in [-0.15, -0.1) is 0 Å². The third-order valence-corrected chi connectivity index (χ3v) is 4.23. The molecule has 3 rings (SSSR count). The second kappa shape index (κ2) is 5.76. The molecule has 2 amide bonds. The summed E-state index contributed by atoms with van der Waals surface area (Å²) in [5, 5.41) is 6.05. The molecule has 1 saturated heterocycles. The lowest BCUT2D eigenvalue weighted by Gasteiger charge is -2.22. The summed E-state index contributed by atoms with van der Waals surface area (Å²) in [6, 6.07) is 7.18. The van der Waals surface area contributed by atoms with E-state index in [1.54, 1.807) is 6.92 Å². The number of rotatable bonds is 3. The monoisotopic (exact) mass is 287 g/mol. The topological polar surface area (TPSA) is 61.4 Å². The number of hydrogen-bond donors (Lipinski definition) is 2.